The minimum atomic E-state index is -0.709. The molecule has 0 fully saturated rings. The molecule has 2 aromatic heterocycles. The summed E-state index contributed by atoms with van der Waals surface area (Å²) in [6.07, 6.45) is 1.55. The van der Waals surface area contributed by atoms with Gasteiger partial charge in [-0.2, -0.15) is 5.10 Å². The summed E-state index contributed by atoms with van der Waals surface area (Å²) < 4.78 is 31.7. The highest BCUT2D eigenvalue weighted by Crippen LogP contribution is 2.35. The molecule has 3 heterocycles. The minimum Gasteiger partial charge on any atom is -0.486 e. The van der Waals surface area contributed by atoms with Gasteiger partial charge in [0, 0.05) is 17.3 Å². The molecule has 2 aromatic carbocycles. The second kappa shape index (κ2) is 9.65. The van der Waals surface area contributed by atoms with Crippen LogP contribution in [0, 0.1) is 5.82 Å². The number of ether oxygens (including phenoxy) is 3. The van der Waals surface area contributed by atoms with E-state index in [2.05, 4.69) is 10.4 Å². The number of carbonyl (C=O) groups is 2. The van der Waals surface area contributed by atoms with Crippen LogP contribution in [0.25, 0.3) is 22.3 Å². The fraction of sp³-hybridized carbons (Fsp3) is 0.231. The monoisotopic (exact) mass is 490 g/mol. The first-order valence-corrected chi connectivity index (χ1v) is 11.4. The molecule has 1 amide bonds. The number of rotatable bonds is 6. The molecule has 4 aromatic rings. The Morgan fingerprint density at radius 1 is 1.11 bits per heavy atom. The van der Waals surface area contributed by atoms with Crippen LogP contribution < -0.4 is 14.8 Å². The van der Waals surface area contributed by atoms with Crippen LogP contribution in [0.15, 0.2) is 54.7 Å². The smallest absolute Gasteiger partial charge is 0.339 e. The highest BCUT2D eigenvalue weighted by Gasteiger charge is 2.21. The molecule has 0 saturated carbocycles. The van der Waals surface area contributed by atoms with Crippen LogP contribution in [0.1, 0.15) is 30.2 Å². The fourth-order valence-corrected chi connectivity index (χ4v) is 3.89. The van der Waals surface area contributed by atoms with Crippen LogP contribution in [-0.2, 0) is 9.53 Å². The quantitative estimate of drug-likeness (QED) is 0.400. The summed E-state index contributed by atoms with van der Waals surface area (Å²) in [6.45, 7) is 4.29. The summed E-state index contributed by atoms with van der Waals surface area (Å²) in [4.78, 5) is 30.1. The molecule has 9 nitrogen and oxygen atoms in total. The van der Waals surface area contributed by atoms with Crippen molar-refractivity contribution in [1.29, 1.82) is 0 Å². The molecule has 184 valence electrons. The lowest BCUT2D eigenvalue weighted by atomic mass is 10.1. The van der Waals surface area contributed by atoms with Gasteiger partial charge in [0.2, 0.25) is 0 Å². The molecule has 0 saturated heterocycles. The molecule has 0 atom stereocenters. The minimum absolute atomic E-state index is 0.00793. The van der Waals surface area contributed by atoms with Gasteiger partial charge < -0.3 is 19.5 Å². The topological polar surface area (TPSA) is 105 Å². The van der Waals surface area contributed by atoms with Crippen LogP contribution >= 0.6 is 0 Å². The van der Waals surface area contributed by atoms with Gasteiger partial charge in [-0.05, 0) is 56.3 Å². The van der Waals surface area contributed by atoms with E-state index in [9.17, 15) is 14.0 Å². The van der Waals surface area contributed by atoms with Gasteiger partial charge in [-0.15, -0.1) is 0 Å². The van der Waals surface area contributed by atoms with Gasteiger partial charge in [0.15, 0.2) is 23.8 Å². The molecule has 5 rings (SSSR count). The van der Waals surface area contributed by atoms with E-state index in [1.165, 1.54) is 24.3 Å². The Hall–Kier alpha value is -4.47. The molecule has 0 radical (unpaired) electrons. The molecule has 1 N–H and O–H groups in total. The zero-order valence-corrected chi connectivity index (χ0v) is 19.7. The summed E-state index contributed by atoms with van der Waals surface area (Å²) in [7, 11) is 0. The van der Waals surface area contributed by atoms with Gasteiger partial charge in [0.1, 0.15) is 19.0 Å². The van der Waals surface area contributed by atoms with Crippen LogP contribution in [0.3, 0.4) is 0 Å². The Balaban J connectivity index is 1.44. The van der Waals surface area contributed by atoms with Crippen LogP contribution in [0.2, 0.25) is 0 Å². The van der Waals surface area contributed by atoms with E-state index in [4.69, 9.17) is 19.2 Å². The Labute approximate surface area is 205 Å². The van der Waals surface area contributed by atoms with Crippen molar-refractivity contribution in [2.24, 2.45) is 0 Å². The zero-order valence-electron chi connectivity index (χ0n) is 19.7. The predicted molar refractivity (Wildman–Crippen MR) is 130 cm³/mol. The maximum Gasteiger partial charge on any atom is 0.339 e. The first-order chi connectivity index (χ1) is 17.4. The molecule has 0 bridgehead atoms. The predicted octanol–water partition coefficient (Wildman–Crippen LogP) is 4.39. The summed E-state index contributed by atoms with van der Waals surface area (Å²) in [5, 5.41) is 7.39. The summed E-state index contributed by atoms with van der Waals surface area (Å²) >= 11 is 0. The summed E-state index contributed by atoms with van der Waals surface area (Å²) in [5.74, 6) is -0.556. The third-order valence-electron chi connectivity index (χ3n) is 5.56. The number of amides is 1. The third kappa shape index (κ3) is 4.70. The van der Waals surface area contributed by atoms with Crippen LogP contribution in [0.4, 0.5) is 10.1 Å². The number of hydrogen-bond donors (Lipinski definition) is 1. The van der Waals surface area contributed by atoms with Crippen molar-refractivity contribution in [3.8, 4) is 22.8 Å². The molecule has 1 aliphatic rings. The van der Waals surface area contributed by atoms with Gasteiger partial charge in [-0.1, -0.05) is 6.07 Å². The number of aromatic nitrogens is 3. The average Bonchev–Trinajstić information content (AvgIpc) is 3.31. The number of carbonyl (C=O) groups excluding carboxylic acids is 2. The third-order valence-corrected chi connectivity index (χ3v) is 5.56. The Morgan fingerprint density at radius 3 is 2.69 bits per heavy atom. The van der Waals surface area contributed by atoms with Crippen LogP contribution in [-0.4, -0.2) is 46.5 Å². The molecular formula is C26H23FN4O5. The maximum atomic E-state index is 13.4. The fourth-order valence-electron chi connectivity index (χ4n) is 3.89. The van der Waals surface area contributed by atoms with E-state index >= 15 is 0 Å². The lowest BCUT2D eigenvalue weighted by Crippen LogP contribution is -2.21. The van der Waals surface area contributed by atoms with Gasteiger partial charge >= 0.3 is 5.97 Å². The molecule has 10 heteroatoms. The van der Waals surface area contributed by atoms with Crippen molar-refractivity contribution in [3.05, 3.63) is 66.1 Å². The van der Waals surface area contributed by atoms with Gasteiger partial charge in [0.25, 0.3) is 5.91 Å². The molecule has 1 aliphatic heterocycles. The Bertz CT molecular complexity index is 1470. The molecule has 0 spiro atoms. The number of pyridine rings is 1. The summed E-state index contributed by atoms with van der Waals surface area (Å²) in [6, 6.07) is 12.5. The second-order valence-corrected chi connectivity index (χ2v) is 8.47. The number of anilines is 1. The first-order valence-electron chi connectivity index (χ1n) is 11.4. The first kappa shape index (κ1) is 23.3. The number of esters is 1. The largest absolute Gasteiger partial charge is 0.486 e. The Morgan fingerprint density at radius 2 is 1.92 bits per heavy atom. The van der Waals surface area contributed by atoms with Crippen molar-refractivity contribution in [1.82, 2.24) is 14.8 Å². The standard InChI is InChI=1S/C26H23FN4O5/c1-15(2)31-25-20(13-28-31)19(26(33)36-14-24(32)29-18-5-3-4-17(27)11-18)12-21(30-25)16-6-7-22-23(10-16)35-9-8-34-22/h3-7,10-13,15H,8-9,14H2,1-2H3,(H,29,32). The van der Waals surface area contributed by atoms with Crippen molar-refractivity contribution in [2.75, 3.05) is 25.1 Å². The summed E-state index contributed by atoms with van der Waals surface area (Å²) in [5.41, 5.74) is 2.22. The molecule has 0 unspecified atom stereocenters. The molecule has 0 aliphatic carbocycles. The van der Waals surface area contributed by atoms with Gasteiger partial charge in [-0.3, -0.25) is 4.79 Å². The second-order valence-electron chi connectivity index (χ2n) is 8.47. The number of nitrogens with zero attached hydrogens (tertiary/aromatic N) is 3. The highest BCUT2D eigenvalue weighted by atomic mass is 19.1. The van der Waals surface area contributed by atoms with E-state index in [0.717, 1.165) is 5.56 Å². The Kier molecular flexibility index (Phi) is 6.24. The van der Waals surface area contributed by atoms with E-state index in [1.807, 2.05) is 19.9 Å². The number of benzene rings is 2. The number of nitrogens with one attached hydrogen (secondary N) is 1. The maximum absolute atomic E-state index is 13.4. The van der Waals surface area contributed by atoms with Gasteiger partial charge in [-0.25, -0.2) is 18.9 Å². The number of fused-ring (bicyclic) bond motifs is 2. The van der Waals surface area contributed by atoms with Crippen LogP contribution in [0.5, 0.6) is 11.5 Å². The van der Waals surface area contributed by atoms with E-state index in [-0.39, 0.29) is 17.3 Å². The van der Waals surface area contributed by atoms with Crippen molar-refractivity contribution < 1.29 is 28.2 Å². The SMILES string of the molecule is CC(C)n1ncc2c(C(=O)OCC(=O)Nc3cccc(F)c3)cc(-c3ccc4c(c3)OCCO4)nc21. The molecular weight excluding hydrogens is 467 g/mol. The van der Waals surface area contributed by atoms with E-state index in [0.29, 0.717) is 41.4 Å². The van der Waals surface area contributed by atoms with Gasteiger partial charge in [0.05, 0.1) is 22.8 Å². The van der Waals surface area contributed by atoms with E-state index in [1.54, 1.807) is 29.1 Å². The lowest BCUT2D eigenvalue weighted by molar-refractivity contribution is -0.119. The van der Waals surface area contributed by atoms with Crippen molar-refractivity contribution in [3.63, 3.8) is 0 Å². The molecule has 36 heavy (non-hydrogen) atoms. The van der Waals surface area contributed by atoms with E-state index < -0.39 is 24.3 Å². The zero-order chi connectivity index (χ0) is 25.2. The lowest BCUT2D eigenvalue weighted by Gasteiger charge is -2.19. The normalized spacial score (nSPS) is 12.6. The average molecular weight is 490 g/mol. The van der Waals surface area contributed by atoms with Crippen molar-refractivity contribution >= 4 is 28.6 Å². The number of halogens is 1. The highest BCUT2D eigenvalue weighted by molar-refractivity contribution is 6.05. The van der Waals surface area contributed by atoms with Crippen molar-refractivity contribution in [2.45, 2.75) is 19.9 Å². The number of hydrogen-bond acceptors (Lipinski definition) is 7.